The van der Waals surface area contributed by atoms with Gasteiger partial charge in [0.2, 0.25) is 5.91 Å². The summed E-state index contributed by atoms with van der Waals surface area (Å²) >= 11 is 2.84. The van der Waals surface area contributed by atoms with E-state index in [2.05, 4.69) is 48.9 Å². The Labute approximate surface area is 232 Å². The topological polar surface area (TPSA) is 102 Å². The van der Waals surface area contributed by atoms with Crippen molar-refractivity contribution in [2.75, 3.05) is 18.2 Å². The molecule has 0 bridgehead atoms. The first-order valence-electron chi connectivity index (χ1n) is 12.5. The molecule has 38 heavy (non-hydrogen) atoms. The van der Waals surface area contributed by atoms with Crippen LogP contribution in [0.5, 0.6) is 11.5 Å². The second kappa shape index (κ2) is 12.0. The van der Waals surface area contributed by atoms with Crippen LogP contribution in [-0.4, -0.2) is 33.5 Å². The third kappa shape index (κ3) is 6.40. The maximum atomic E-state index is 12.9. The maximum Gasteiger partial charge on any atom is 0.235 e. The summed E-state index contributed by atoms with van der Waals surface area (Å²) in [6.45, 7) is 11.3. The highest BCUT2D eigenvalue weighted by molar-refractivity contribution is 7.99. The minimum absolute atomic E-state index is 0.146. The van der Waals surface area contributed by atoms with E-state index in [1.54, 1.807) is 24.5 Å². The Kier molecular flexibility index (Phi) is 8.80. The average molecular weight is 552 g/mol. The Balaban J connectivity index is 1.39. The molecule has 4 rings (SSSR count). The molecule has 1 aliphatic carbocycles. The first-order valence-corrected chi connectivity index (χ1v) is 14.3. The van der Waals surface area contributed by atoms with Crippen LogP contribution in [0.3, 0.4) is 0 Å². The lowest BCUT2D eigenvalue weighted by Gasteiger charge is -2.33. The molecule has 0 fully saturated rings. The molecule has 3 aromatic rings. The number of hydrogen-bond acceptors (Lipinski definition) is 8. The van der Waals surface area contributed by atoms with Gasteiger partial charge in [0.05, 0.1) is 18.4 Å². The number of thioether (sulfide) groups is 1. The molecule has 200 valence electrons. The van der Waals surface area contributed by atoms with E-state index in [-0.39, 0.29) is 23.7 Å². The van der Waals surface area contributed by atoms with Gasteiger partial charge < -0.3 is 14.8 Å². The minimum Gasteiger partial charge on any atom is -0.497 e. The fourth-order valence-corrected chi connectivity index (χ4v) is 6.55. The van der Waals surface area contributed by atoms with Crippen LogP contribution in [0.2, 0.25) is 0 Å². The van der Waals surface area contributed by atoms with Gasteiger partial charge in [-0.25, -0.2) is 0 Å². The van der Waals surface area contributed by atoms with Crippen molar-refractivity contribution in [3.05, 3.63) is 58.7 Å². The lowest BCUT2D eigenvalue weighted by molar-refractivity contribution is -0.113. The lowest BCUT2D eigenvalue weighted by Crippen LogP contribution is -2.26. The number of amides is 1. The van der Waals surface area contributed by atoms with Gasteiger partial charge in [0.25, 0.3) is 0 Å². The van der Waals surface area contributed by atoms with E-state index in [1.807, 2.05) is 28.8 Å². The summed E-state index contributed by atoms with van der Waals surface area (Å²) in [4.78, 5) is 14.1. The summed E-state index contributed by atoms with van der Waals surface area (Å²) in [5, 5.41) is 22.6. The standard InChI is InChI=1S/C28H33N5O3S2/c1-6-13-33-24(16-36-20-10-8-19(35-5)9-11-20)31-32-27(33)37-17-25(34)30-26-22(15-29)21-12-7-18(28(2,3)4)14-23(21)38-26/h6,8-11,18H,1,7,12-14,16-17H2,2-5H3,(H,30,34)/t18-/m0/s1. The largest absolute Gasteiger partial charge is 0.497 e. The number of carbonyl (C=O) groups is 1. The molecule has 2 aromatic heterocycles. The van der Waals surface area contributed by atoms with E-state index in [1.165, 1.54) is 16.6 Å². The zero-order valence-corrected chi connectivity index (χ0v) is 23.9. The molecule has 2 heterocycles. The summed E-state index contributed by atoms with van der Waals surface area (Å²) in [7, 11) is 1.62. The third-order valence-corrected chi connectivity index (χ3v) is 8.86. The van der Waals surface area contributed by atoms with E-state index in [4.69, 9.17) is 9.47 Å². The summed E-state index contributed by atoms with van der Waals surface area (Å²) in [5.41, 5.74) is 1.94. The number of rotatable bonds is 10. The number of fused-ring (bicyclic) bond motifs is 1. The number of nitriles is 1. The number of thiophene rings is 1. The van der Waals surface area contributed by atoms with Crippen LogP contribution in [0.4, 0.5) is 5.00 Å². The van der Waals surface area contributed by atoms with Crippen molar-refractivity contribution >= 4 is 34.0 Å². The minimum atomic E-state index is -0.179. The first kappa shape index (κ1) is 27.7. The van der Waals surface area contributed by atoms with Gasteiger partial charge in [-0.3, -0.25) is 9.36 Å². The highest BCUT2D eigenvalue weighted by Crippen LogP contribution is 2.44. The van der Waals surface area contributed by atoms with Gasteiger partial charge in [-0.2, -0.15) is 5.26 Å². The highest BCUT2D eigenvalue weighted by Gasteiger charge is 2.32. The van der Waals surface area contributed by atoms with Crippen LogP contribution in [0.25, 0.3) is 0 Å². The summed E-state index contributed by atoms with van der Waals surface area (Å²) in [6.07, 6.45) is 4.65. The van der Waals surface area contributed by atoms with Crippen LogP contribution in [0, 0.1) is 22.7 Å². The molecular weight excluding hydrogens is 518 g/mol. The molecule has 1 aromatic carbocycles. The summed E-state index contributed by atoms with van der Waals surface area (Å²) in [5.74, 6) is 2.61. The Morgan fingerprint density at radius 3 is 2.71 bits per heavy atom. The normalized spacial score (nSPS) is 14.9. The monoisotopic (exact) mass is 551 g/mol. The molecule has 8 nitrogen and oxygen atoms in total. The van der Waals surface area contributed by atoms with Gasteiger partial charge in [-0.05, 0) is 60.4 Å². The number of benzene rings is 1. The smallest absolute Gasteiger partial charge is 0.235 e. The van der Waals surface area contributed by atoms with Gasteiger partial charge in [0, 0.05) is 11.4 Å². The predicted octanol–water partition coefficient (Wildman–Crippen LogP) is 5.87. The van der Waals surface area contributed by atoms with Crippen LogP contribution in [-0.2, 0) is 30.8 Å². The van der Waals surface area contributed by atoms with Crippen LogP contribution in [0.15, 0.2) is 42.1 Å². The third-order valence-electron chi connectivity index (χ3n) is 6.72. The van der Waals surface area contributed by atoms with Crippen molar-refractivity contribution in [1.29, 1.82) is 5.26 Å². The van der Waals surface area contributed by atoms with E-state index in [9.17, 15) is 10.1 Å². The Morgan fingerprint density at radius 2 is 2.05 bits per heavy atom. The molecule has 0 unspecified atom stereocenters. The van der Waals surface area contributed by atoms with Crippen molar-refractivity contribution in [3.63, 3.8) is 0 Å². The molecule has 1 atom stereocenters. The summed E-state index contributed by atoms with van der Waals surface area (Å²) in [6, 6.07) is 9.64. The van der Waals surface area contributed by atoms with Crippen LogP contribution >= 0.6 is 23.1 Å². The molecule has 1 N–H and O–H groups in total. The van der Waals surface area contributed by atoms with Crippen molar-refractivity contribution in [2.24, 2.45) is 11.3 Å². The van der Waals surface area contributed by atoms with E-state index < -0.39 is 0 Å². The summed E-state index contributed by atoms with van der Waals surface area (Å²) < 4.78 is 12.9. The maximum absolute atomic E-state index is 12.9. The van der Waals surface area contributed by atoms with E-state index >= 15 is 0 Å². The molecule has 0 aliphatic heterocycles. The van der Waals surface area contributed by atoms with Crippen LogP contribution < -0.4 is 14.8 Å². The van der Waals surface area contributed by atoms with Crippen molar-refractivity contribution in [3.8, 4) is 17.6 Å². The number of carbonyl (C=O) groups excluding carboxylic acids is 1. The van der Waals surface area contributed by atoms with Gasteiger partial charge in [0.1, 0.15) is 29.2 Å². The number of nitrogens with one attached hydrogen (secondary N) is 1. The van der Waals surface area contributed by atoms with Crippen molar-refractivity contribution in [1.82, 2.24) is 14.8 Å². The number of methoxy groups -OCH3 is 1. The number of anilines is 1. The predicted molar refractivity (Wildman–Crippen MR) is 151 cm³/mol. The zero-order valence-electron chi connectivity index (χ0n) is 22.2. The Hall–Kier alpha value is -3.29. The van der Waals surface area contributed by atoms with E-state index in [0.717, 1.165) is 30.6 Å². The molecule has 0 saturated carbocycles. The first-order chi connectivity index (χ1) is 18.2. The van der Waals surface area contributed by atoms with Gasteiger partial charge in [-0.15, -0.1) is 28.1 Å². The molecule has 1 aliphatic rings. The number of aromatic nitrogens is 3. The fraction of sp³-hybridized carbons (Fsp3) is 0.429. The fourth-order valence-electron chi connectivity index (χ4n) is 4.49. The molecule has 0 spiro atoms. The average Bonchev–Trinajstić information content (AvgIpc) is 3.45. The molecular formula is C28H33N5O3S2. The number of ether oxygens (including phenoxy) is 2. The van der Waals surface area contributed by atoms with Gasteiger partial charge in [0.15, 0.2) is 11.0 Å². The highest BCUT2D eigenvalue weighted by atomic mass is 32.2. The van der Waals surface area contributed by atoms with Gasteiger partial charge in [-0.1, -0.05) is 38.6 Å². The van der Waals surface area contributed by atoms with E-state index in [0.29, 0.717) is 39.8 Å². The van der Waals surface area contributed by atoms with Crippen molar-refractivity contribution < 1.29 is 14.3 Å². The lowest BCUT2D eigenvalue weighted by atomic mass is 9.72. The number of allylic oxidation sites excluding steroid dienone is 1. The zero-order chi connectivity index (χ0) is 27.3. The van der Waals surface area contributed by atoms with Gasteiger partial charge >= 0.3 is 0 Å². The second-order valence-electron chi connectivity index (χ2n) is 10.2. The Morgan fingerprint density at radius 1 is 1.32 bits per heavy atom. The number of nitrogens with zero attached hydrogens (tertiary/aromatic N) is 4. The molecule has 0 saturated heterocycles. The number of hydrogen-bond donors (Lipinski definition) is 1. The van der Waals surface area contributed by atoms with Crippen LogP contribution in [0.1, 0.15) is 49.0 Å². The molecule has 1 amide bonds. The quantitative estimate of drug-likeness (QED) is 0.248. The van der Waals surface area contributed by atoms with Crippen molar-refractivity contribution in [2.45, 2.75) is 58.3 Å². The second-order valence-corrected chi connectivity index (χ2v) is 12.3. The molecule has 10 heteroatoms. The Bertz CT molecular complexity index is 1330. The molecule has 0 radical (unpaired) electrons. The SMILES string of the molecule is C=CCn1c(COc2ccc(OC)cc2)nnc1SCC(=O)Nc1sc2c(c1C#N)CC[C@H](C(C)(C)C)C2.